The molecule has 3 rings (SSSR count). The molecule has 1 N–H and O–H groups in total. The highest BCUT2D eigenvalue weighted by molar-refractivity contribution is 5.43. The molecule has 0 heterocycles. The molecule has 0 spiro atoms. The maximum atomic E-state index is 10.1. The van der Waals surface area contributed by atoms with Crippen LogP contribution in [0.3, 0.4) is 0 Å². The van der Waals surface area contributed by atoms with E-state index >= 15 is 0 Å². The third-order valence-corrected chi connectivity index (χ3v) is 4.01. The van der Waals surface area contributed by atoms with Gasteiger partial charge in [0.1, 0.15) is 18.1 Å². The first-order valence-electron chi connectivity index (χ1n) is 7.34. The maximum Gasteiger partial charge on any atom is 0.125 e. The molecule has 3 heteroatoms. The summed E-state index contributed by atoms with van der Waals surface area (Å²) in [5.74, 6) is 1.71. The first-order valence-corrected chi connectivity index (χ1v) is 7.34. The van der Waals surface area contributed by atoms with Crippen LogP contribution in [0.25, 0.3) is 0 Å². The van der Waals surface area contributed by atoms with Crippen LogP contribution in [0.2, 0.25) is 0 Å². The summed E-state index contributed by atoms with van der Waals surface area (Å²) in [5, 5.41) is 10.1. The van der Waals surface area contributed by atoms with Crippen molar-refractivity contribution >= 4 is 0 Å². The second-order valence-electron chi connectivity index (χ2n) is 5.33. The van der Waals surface area contributed by atoms with Gasteiger partial charge in [0, 0.05) is 5.56 Å². The smallest absolute Gasteiger partial charge is 0.125 e. The number of ether oxygens (including phenoxy) is 2. The quantitative estimate of drug-likeness (QED) is 0.931. The minimum atomic E-state index is -0.358. The zero-order valence-corrected chi connectivity index (χ0v) is 12.2. The van der Waals surface area contributed by atoms with Crippen LogP contribution in [0.15, 0.2) is 42.5 Å². The zero-order valence-electron chi connectivity index (χ0n) is 12.2. The topological polar surface area (TPSA) is 38.7 Å². The standard InChI is InChI=1S/C18H20O3/c1-20-17-10-3-2-6-13(17)12-21-18-11-5-7-14-15(18)8-4-9-16(14)19/h2-3,5-7,10-11,16,19H,4,8-9,12H2,1H3. The Bertz CT molecular complexity index is 622. The summed E-state index contributed by atoms with van der Waals surface area (Å²) in [5.41, 5.74) is 3.18. The van der Waals surface area contributed by atoms with E-state index in [-0.39, 0.29) is 6.10 Å². The minimum absolute atomic E-state index is 0.358. The van der Waals surface area contributed by atoms with Crippen molar-refractivity contribution in [2.45, 2.75) is 32.0 Å². The van der Waals surface area contributed by atoms with Crippen molar-refractivity contribution in [3.63, 3.8) is 0 Å². The molecule has 21 heavy (non-hydrogen) atoms. The summed E-state index contributed by atoms with van der Waals surface area (Å²) >= 11 is 0. The highest BCUT2D eigenvalue weighted by Crippen LogP contribution is 2.35. The molecule has 0 fully saturated rings. The van der Waals surface area contributed by atoms with Crippen LogP contribution in [0, 0.1) is 0 Å². The normalized spacial score (nSPS) is 17.1. The number of methoxy groups -OCH3 is 1. The summed E-state index contributed by atoms with van der Waals surface area (Å²) in [4.78, 5) is 0. The number of aliphatic hydroxyl groups is 1. The molecule has 0 aromatic heterocycles. The summed E-state index contributed by atoms with van der Waals surface area (Å²) in [6.45, 7) is 0.469. The average Bonchev–Trinajstić information content (AvgIpc) is 2.53. The van der Waals surface area contributed by atoms with E-state index in [9.17, 15) is 5.11 Å². The molecule has 2 aromatic carbocycles. The lowest BCUT2D eigenvalue weighted by Crippen LogP contribution is -2.11. The number of rotatable bonds is 4. The van der Waals surface area contributed by atoms with Gasteiger partial charge >= 0.3 is 0 Å². The Morgan fingerprint density at radius 2 is 1.90 bits per heavy atom. The molecule has 0 bridgehead atoms. The van der Waals surface area contributed by atoms with E-state index in [0.29, 0.717) is 6.61 Å². The first kappa shape index (κ1) is 14.0. The fourth-order valence-corrected chi connectivity index (χ4v) is 2.90. The molecule has 1 unspecified atom stereocenters. The number of benzene rings is 2. The number of fused-ring (bicyclic) bond motifs is 1. The van der Waals surface area contributed by atoms with Crippen LogP contribution in [0.5, 0.6) is 11.5 Å². The maximum absolute atomic E-state index is 10.1. The largest absolute Gasteiger partial charge is 0.496 e. The van der Waals surface area contributed by atoms with Gasteiger partial charge in [0.2, 0.25) is 0 Å². The van der Waals surface area contributed by atoms with Crippen molar-refractivity contribution in [2.75, 3.05) is 7.11 Å². The van der Waals surface area contributed by atoms with Crippen molar-refractivity contribution in [1.29, 1.82) is 0 Å². The fourth-order valence-electron chi connectivity index (χ4n) is 2.90. The van der Waals surface area contributed by atoms with Gasteiger partial charge in [0.05, 0.1) is 13.2 Å². The third-order valence-electron chi connectivity index (χ3n) is 4.01. The lowest BCUT2D eigenvalue weighted by atomic mass is 9.89. The van der Waals surface area contributed by atoms with Gasteiger partial charge in [-0.3, -0.25) is 0 Å². The van der Waals surface area contributed by atoms with Gasteiger partial charge in [-0.25, -0.2) is 0 Å². The van der Waals surface area contributed by atoms with Gasteiger partial charge < -0.3 is 14.6 Å². The van der Waals surface area contributed by atoms with Crippen LogP contribution >= 0.6 is 0 Å². The van der Waals surface area contributed by atoms with Crippen molar-refractivity contribution in [1.82, 2.24) is 0 Å². The van der Waals surface area contributed by atoms with E-state index < -0.39 is 0 Å². The van der Waals surface area contributed by atoms with E-state index in [4.69, 9.17) is 9.47 Å². The van der Waals surface area contributed by atoms with Crippen molar-refractivity contribution in [3.05, 3.63) is 59.2 Å². The van der Waals surface area contributed by atoms with E-state index in [1.807, 2.05) is 42.5 Å². The second-order valence-corrected chi connectivity index (χ2v) is 5.33. The first-order chi connectivity index (χ1) is 10.3. The van der Waals surface area contributed by atoms with Gasteiger partial charge in [-0.1, -0.05) is 30.3 Å². The van der Waals surface area contributed by atoms with Gasteiger partial charge in [-0.15, -0.1) is 0 Å². The highest BCUT2D eigenvalue weighted by Gasteiger charge is 2.20. The highest BCUT2D eigenvalue weighted by atomic mass is 16.5. The number of para-hydroxylation sites is 1. The Morgan fingerprint density at radius 3 is 2.76 bits per heavy atom. The second kappa shape index (κ2) is 6.19. The molecular formula is C18H20O3. The minimum Gasteiger partial charge on any atom is -0.496 e. The molecule has 2 aromatic rings. The predicted molar refractivity (Wildman–Crippen MR) is 81.7 cm³/mol. The third kappa shape index (κ3) is 2.88. The van der Waals surface area contributed by atoms with Crippen molar-refractivity contribution in [3.8, 4) is 11.5 Å². The Kier molecular flexibility index (Phi) is 4.11. The van der Waals surface area contributed by atoms with Crippen LogP contribution < -0.4 is 9.47 Å². The molecule has 1 aliphatic carbocycles. The van der Waals surface area contributed by atoms with E-state index in [2.05, 4.69) is 0 Å². The van der Waals surface area contributed by atoms with Gasteiger partial charge in [0.25, 0.3) is 0 Å². The zero-order chi connectivity index (χ0) is 14.7. The molecule has 110 valence electrons. The molecule has 1 aliphatic rings. The number of hydrogen-bond acceptors (Lipinski definition) is 3. The Balaban J connectivity index is 1.81. The Morgan fingerprint density at radius 1 is 1.10 bits per heavy atom. The fraction of sp³-hybridized carbons (Fsp3) is 0.333. The summed E-state index contributed by atoms with van der Waals surface area (Å²) in [7, 11) is 1.67. The molecule has 3 nitrogen and oxygen atoms in total. The Hall–Kier alpha value is -2.00. The Labute approximate surface area is 125 Å². The van der Waals surface area contributed by atoms with E-state index in [0.717, 1.165) is 47.5 Å². The molecule has 1 atom stereocenters. The summed E-state index contributed by atoms with van der Waals surface area (Å²) < 4.78 is 11.3. The average molecular weight is 284 g/mol. The van der Waals surface area contributed by atoms with Crippen LogP contribution in [-0.4, -0.2) is 12.2 Å². The lowest BCUT2D eigenvalue weighted by molar-refractivity contribution is 0.155. The molecule has 0 radical (unpaired) electrons. The monoisotopic (exact) mass is 284 g/mol. The van der Waals surface area contributed by atoms with Crippen LogP contribution in [-0.2, 0) is 13.0 Å². The van der Waals surface area contributed by atoms with Gasteiger partial charge in [-0.05, 0) is 42.5 Å². The molecule has 0 amide bonds. The molecule has 0 aliphatic heterocycles. The van der Waals surface area contributed by atoms with Gasteiger partial charge in [-0.2, -0.15) is 0 Å². The van der Waals surface area contributed by atoms with Gasteiger partial charge in [0.15, 0.2) is 0 Å². The predicted octanol–water partition coefficient (Wildman–Crippen LogP) is 3.64. The lowest BCUT2D eigenvalue weighted by Gasteiger charge is -2.23. The SMILES string of the molecule is COc1ccccc1COc1cccc2c1CCCC2O. The number of aliphatic hydroxyl groups excluding tert-OH is 1. The molecular weight excluding hydrogens is 264 g/mol. The molecule has 0 saturated heterocycles. The summed E-state index contributed by atoms with van der Waals surface area (Å²) in [6.07, 6.45) is 2.45. The van der Waals surface area contributed by atoms with Crippen molar-refractivity contribution < 1.29 is 14.6 Å². The number of hydrogen-bond donors (Lipinski definition) is 1. The van der Waals surface area contributed by atoms with E-state index in [1.165, 1.54) is 0 Å². The summed E-state index contributed by atoms with van der Waals surface area (Å²) in [6, 6.07) is 13.8. The van der Waals surface area contributed by atoms with Crippen molar-refractivity contribution in [2.24, 2.45) is 0 Å². The van der Waals surface area contributed by atoms with E-state index in [1.54, 1.807) is 7.11 Å². The molecule has 0 saturated carbocycles. The van der Waals surface area contributed by atoms with Crippen LogP contribution in [0.1, 0.15) is 35.6 Å². The van der Waals surface area contributed by atoms with Crippen LogP contribution in [0.4, 0.5) is 0 Å².